The fourth-order valence-corrected chi connectivity index (χ4v) is 5.56. The summed E-state index contributed by atoms with van der Waals surface area (Å²) >= 11 is 1.76. The predicted molar refractivity (Wildman–Crippen MR) is 144 cm³/mol. The van der Waals surface area contributed by atoms with E-state index in [0.717, 1.165) is 44.6 Å². The largest absolute Gasteiger partial charge is 0.388 e. The number of likely N-dealkylation sites (tertiary alicyclic amines) is 1. The normalized spacial score (nSPS) is 18.7. The lowest BCUT2D eigenvalue weighted by Crippen LogP contribution is -2.44. The molecule has 0 bridgehead atoms. The molecule has 0 N–H and O–H groups in total. The molecule has 3 aromatic rings. The van der Waals surface area contributed by atoms with Crippen LogP contribution in [0.4, 0.5) is 0 Å². The Morgan fingerprint density at radius 2 is 1.74 bits per heavy atom. The number of hydrogen-bond acceptors (Lipinski definition) is 4. The summed E-state index contributed by atoms with van der Waals surface area (Å²) in [6.07, 6.45) is 5.37. The van der Waals surface area contributed by atoms with E-state index in [0.29, 0.717) is 0 Å². The Hall–Kier alpha value is -2.69. The molecule has 1 fully saturated rings. The minimum Gasteiger partial charge on any atom is -0.388 e. The third-order valence-corrected chi connectivity index (χ3v) is 7.84. The molecule has 2 aliphatic rings. The van der Waals surface area contributed by atoms with Crippen LogP contribution < -0.4 is 0 Å². The summed E-state index contributed by atoms with van der Waals surface area (Å²) in [5.74, 6) is 0. The number of nitrogens with zero attached hydrogens (tertiary/aromatic N) is 2. The van der Waals surface area contributed by atoms with Gasteiger partial charge in [-0.15, -0.1) is 0 Å². The number of thiophene rings is 1. The molecule has 3 heterocycles. The molecule has 0 aliphatic carbocycles. The highest BCUT2D eigenvalue weighted by atomic mass is 32.1. The van der Waals surface area contributed by atoms with Crippen molar-refractivity contribution in [1.29, 1.82) is 0 Å². The smallest absolute Gasteiger partial charge is 0.145 e. The minimum absolute atomic E-state index is 0.121. The van der Waals surface area contributed by atoms with Gasteiger partial charge in [0, 0.05) is 38.9 Å². The van der Waals surface area contributed by atoms with Crippen molar-refractivity contribution in [2.45, 2.75) is 51.0 Å². The Morgan fingerprint density at radius 3 is 2.38 bits per heavy atom. The minimum atomic E-state index is -0.121. The van der Waals surface area contributed by atoms with Gasteiger partial charge in [0.15, 0.2) is 0 Å². The molecule has 176 valence electrons. The highest BCUT2D eigenvalue weighted by molar-refractivity contribution is 7.08. The fourth-order valence-electron chi connectivity index (χ4n) is 4.91. The van der Waals surface area contributed by atoms with Gasteiger partial charge in [0.2, 0.25) is 0 Å². The maximum Gasteiger partial charge on any atom is 0.145 e. The van der Waals surface area contributed by atoms with Crippen LogP contribution >= 0.6 is 11.3 Å². The molecule has 34 heavy (non-hydrogen) atoms. The van der Waals surface area contributed by atoms with Crippen LogP contribution in [0, 0.1) is 0 Å². The second-order valence-electron chi connectivity index (χ2n) is 10.6. The fraction of sp³-hybridized carbons (Fsp3) is 0.367. The SMILES string of the molecule is CC(C)(C)c1ccc(C(=CCN2CCC3(CC2)CC(c2ccccc2)=NO3)c2ccsc2)cc1. The first-order valence-corrected chi connectivity index (χ1v) is 13.2. The quantitative estimate of drug-likeness (QED) is 0.396. The van der Waals surface area contributed by atoms with Crippen molar-refractivity contribution in [3.63, 3.8) is 0 Å². The van der Waals surface area contributed by atoms with Gasteiger partial charge >= 0.3 is 0 Å². The van der Waals surface area contributed by atoms with E-state index in [1.165, 1.54) is 27.8 Å². The lowest BCUT2D eigenvalue weighted by molar-refractivity contribution is -0.0598. The van der Waals surface area contributed by atoms with Crippen LogP contribution in [-0.2, 0) is 10.3 Å². The van der Waals surface area contributed by atoms with Crippen LogP contribution in [0.1, 0.15) is 62.3 Å². The molecule has 1 aromatic heterocycles. The summed E-state index contributed by atoms with van der Waals surface area (Å²) in [5, 5.41) is 8.89. The Bertz CT molecular complexity index is 1150. The Morgan fingerprint density at radius 1 is 1.00 bits per heavy atom. The molecule has 1 saturated heterocycles. The van der Waals surface area contributed by atoms with E-state index in [2.05, 4.69) is 102 Å². The van der Waals surface area contributed by atoms with E-state index in [1.807, 2.05) is 6.07 Å². The van der Waals surface area contributed by atoms with E-state index < -0.39 is 0 Å². The van der Waals surface area contributed by atoms with Gasteiger partial charge in [-0.1, -0.05) is 86.6 Å². The van der Waals surface area contributed by atoms with Crippen LogP contribution in [0.25, 0.3) is 5.57 Å². The lowest BCUT2D eigenvalue weighted by Gasteiger charge is -2.36. The van der Waals surface area contributed by atoms with E-state index in [4.69, 9.17) is 4.84 Å². The molecule has 5 rings (SSSR count). The molecule has 0 radical (unpaired) electrons. The van der Waals surface area contributed by atoms with Crippen LogP contribution in [0.5, 0.6) is 0 Å². The maximum absolute atomic E-state index is 6.04. The maximum atomic E-state index is 6.04. The average Bonchev–Trinajstić information content (AvgIpc) is 3.52. The molecule has 0 saturated carbocycles. The van der Waals surface area contributed by atoms with Crippen LogP contribution in [-0.4, -0.2) is 35.8 Å². The van der Waals surface area contributed by atoms with Gasteiger partial charge in [0.05, 0.1) is 5.71 Å². The van der Waals surface area contributed by atoms with Gasteiger partial charge in [0.25, 0.3) is 0 Å². The molecule has 0 atom stereocenters. The summed E-state index contributed by atoms with van der Waals surface area (Å²) in [6, 6.07) is 21.8. The Balaban J connectivity index is 1.25. The van der Waals surface area contributed by atoms with Crippen LogP contribution in [0.15, 0.2) is 82.7 Å². The third-order valence-electron chi connectivity index (χ3n) is 7.16. The number of oxime groups is 1. The number of hydrogen-bond donors (Lipinski definition) is 0. The monoisotopic (exact) mass is 470 g/mol. The van der Waals surface area contributed by atoms with Crippen molar-refractivity contribution in [2.24, 2.45) is 5.16 Å². The summed E-state index contributed by atoms with van der Waals surface area (Å²) in [7, 11) is 0. The molecule has 1 spiro atoms. The van der Waals surface area contributed by atoms with Crippen molar-refractivity contribution in [3.8, 4) is 0 Å². The van der Waals surface area contributed by atoms with Crippen molar-refractivity contribution in [2.75, 3.05) is 19.6 Å². The molecular weight excluding hydrogens is 436 g/mol. The lowest BCUT2D eigenvalue weighted by atomic mass is 9.85. The van der Waals surface area contributed by atoms with Crippen molar-refractivity contribution in [1.82, 2.24) is 4.90 Å². The third kappa shape index (κ3) is 5.03. The van der Waals surface area contributed by atoms with Crippen LogP contribution in [0.2, 0.25) is 0 Å². The summed E-state index contributed by atoms with van der Waals surface area (Å²) in [4.78, 5) is 8.58. The van der Waals surface area contributed by atoms with E-state index in [1.54, 1.807) is 11.3 Å². The first-order chi connectivity index (χ1) is 16.4. The Kier molecular flexibility index (Phi) is 6.46. The highest BCUT2D eigenvalue weighted by Gasteiger charge is 2.42. The summed E-state index contributed by atoms with van der Waals surface area (Å²) < 4.78 is 0. The predicted octanol–water partition coefficient (Wildman–Crippen LogP) is 7.14. The molecule has 3 nitrogen and oxygen atoms in total. The second kappa shape index (κ2) is 9.52. The number of piperidine rings is 1. The molecule has 0 unspecified atom stereocenters. The van der Waals surface area contributed by atoms with Gasteiger partial charge in [-0.05, 0) is 50.1 Å². The van der Waals surface area contributed by atoms with Gasteiger partial charge in [-0.2, -0.15) is 11.3 Å². The average molecular weight is 471 g/mol. The van der Waals surface area contributed by atoms with E-state index in [9.17, 15) is 0 Å². The van der Waals surface area contributed by atoms with E-state index >= 15 is 0 Å². The topological polar surface area (TPSA) is 24.8 Å². The zero-order chi connectivity index (χ0) is 23.6. The number of rotatable bonds is 5. The van der Waals surface area contributed by atoms with Crippen molar-refractivity contribution < 1.29 is 4.84 Å². The number of benzene rings is 2. The molecular formula is C30H34N2OS. The zero-order valence-corrected chi connectivity index (χ0v) is 21.3. The first kappa shape index (κ1) is 23.1. The van der Waals surface area contributed by atoms with Crippen molar-refractivity contribution >= 4 is 22.6 Å². The van der Waals surface area contributed by atoms with Crippen LogP contribution in [0.3, 0.4) is 0 Å². The highest BCUT2D eigenvalue weighted by Crippen LogP contribution is 2.36. The summed E-state index contributed by atoms with van der Waals surface area (Å²) in [6.45, 7) is 9.82. The van der Waals surface area contributed by atoms with E-state index in [-0.39, 0.29) is 11.0 Å². The van der Waals surface area contributed by atoms with Gasteiger partial charge in [-0.3, -0.25) is 4.90 Å². The van der Waals surface area contributed by atoms with Gasteiger partial charge < -0.3 is 4.84 Å². The standard InChI is InChI=1S/C30H34N2OS/c1-29(2,3)26-11-9-23(10-12-26)27(25-14-20-34-22-25)13-17-32-18-15-30(16-19-32)21-28(31-33-30)24-7-5-4-6-8-24/h4-14,20,22H,15-19,21H2,1-3H3. The first-order valence-electron chi connectivity index (χ1n) is 12.3. The van der Waals surface area contributed by atoms with Gasteiger partial charge in [-0.25, -0.2) is 0 Å². The second-order valence-corrected chi connectivity index (χ2v) is 11.4. The van der Waals surface area contributed by atoms with Gasteiger partial charge in [0.1, 0.15) is 5.60 Å². The molecule has 0 amide bonds. The summed E-state index contributed by atoms with van der Waals surface area (Å²) in [5.41, 5.74) is 7.62. The zero-order valence-electron chi connectivity index (χ0n) is 20.5. The van der Waals surface area contributed by atoms with Crippen molar-refractivity contribution in [3.05, 3.63) is 99.8 Å². The Labute approximate surface area is 207 Å². The molecule has 4 heteroatoms. The molecule has 2 aromatic carbocycles. The molecule has 2 aliphatic heterocycles.